The van der Waals surface area contributed by atoms with Crippen LogP contribution in [-0.4, -0.2) is 47.5 Å². The molecule has 33 heavy (non-hydrogen) atoms. The molecule has 0 N–H and O–H groups in total. The van der Waals surface area contributed by atoms with E-state index in [1.165, 1.54) is 43.2 Å². The van der Waals surface area contributed by atoms with Crippen LogP contribution in [0.3, 0.4) is 0 Å². The van der Waals surface area contributed by atoms with Crippen molar-refractivity contribution in [1.82, 2.24) is 9.80 Å². The van der Waals surface area contributed by atoms with Crippen molar-refractivity contribution in [2.45, 2.75) is 71.9 Å². The van der Waals surface area contributed by atoms with Crippen molar-refractivity contribution < 1.29 is 9.59 Å². The second-order valence-corrected chi connectivity index (χ2v) is 9.20. The summed E-state index contributed by atoms with van der Waals surface area (Å²) in [7, 11) is 0. The van der Waals surface area contributed by atoms with Gasteiger partial charge in [-0.1, -0.05) is 79.9 Å². The standard InChI is InChI=1S/C29H42N2O2/c1-26(32)18-22-30(24-28-14-8-6-9-15-28)20-12-4-3-5-13-21-31(23-19-27(2)33)25-29-16-10-7-11-17-29/h6-11,14-17H,3-5,12-13,18-25H2,1-2H3. The van der Waals surface area contributed by atoms with Crippen LogP contribution in [-0.2, 0) is 22.7 Å². The van der Waals surface area contributed by atoms with E-state index in [-0.39, 0.29) is 11.6 Å². The molecule has 2 rings (SSSR count). The van der Waals surface area contributed by atoms with Crippen LogP contribution in [0.25, 0.3) is 0 Å². The third-order valence-corrected chi connectivity index (χ3v) is 6.01. The molecule has 180 valence electrons. The van der Waals surface area contributed by atoms with Crippen LogP contribution in [0.4, 0.5) is 0 Å². The van der Waals surface area contributed by atoms with Gasteiger partial charge in [0.1, 0.15) is 11.6 Å². The van der Waals surface area contributed by atoms with Gasteiger partial charge in [0, 0.05) is 39.0 Å². The Labute approximate surface area is 201 Å². The molecule has 0 radical (unpaired) electrons. The fourth-order valence-corrected chi connectivity index (χ4v) is 4.06. The fourth-order valence-electron chi connectivity index (χ4n) is 4.06. The number of carbonyl (C=O) groups excluding carboxylic acids is 2. The number of benzene rings is 2. The molecule has 0 unspecified atom stereocenters. The molecule has 4 nitrogen and oxygen atoms in total. The zero-order valence-electron chi connectivity index (χ0n) is 20.7. The third-order valence-electron chi connectivity index (χ3n) is 6.01. The molecular weight excluding hydrogens is 408 g/mol. The second kappa shape index (κ2) is 16.3. The Morgan fingerprint density at radius 2 is 0.909 bits per heavy atom. The van der Waals surface area contributed by atoms with Crippen LogP contribution >= 0.6 is 0 Å². The molecule has 0 fully saturated rings. The molecule has 0 amide bonds. The molecule has 4 heteroatoms. The Hall–Kier alpha value is -2.30. The highest BCUT2D eigenvalue weighted by molar-refractivity contribution is 5.75. The molecule has 2 aromatic rings. The van der Waals surface area contributed by atoms with Gasteiger partial charge in [-0.05, 0) is 50.9 Å². The predicted molar refractivity (Wildman–Crippen MR) is 137 cm³/mol. The Balaban J connectivity index is 1.67. The average molecular weight is 451 g/mol. The molecule has 0 spiro atoms. The van der Waals surface area contributed by atoms with Gasteiger partial charge in [0.25, 0.3) is 0 Å². The minimum Gasteiger partial charge on any atom is -0.300 e. The van der Waals surface area contributed by atoms with E-state index in [0.717, 1.165) is 39.3 Å². The maximum Gasteiger partial charge on any atom is 0.131 e. The van der Waals surface area contributed by atoms with Gasteiger partial charge >= 0.3 is 0 Å². The van der Waals surface area contributed by atoms with Crippen LogP contribution in [0.1, 0.15) is 69.9 Å². The molecule has 0 saturated heterocycles. The van der Waals surface area contributed by atoms with E-state index in [1.807, 2.05) is 12.1 Å². The lowest BCUT2D eigenvalue weighted by atomic mass is 10.1. The molecule has 0 aliphatic rings. The number of nitrogens with zero attached hydrogens (tertiary/aromatic N) is 2. The highest BCUT2D eigenvalue weighted by Gasteiger charge is 2.09. The summed E-state index contributed by atoms with van der Waals surface area (Å²) in [4.78, 5) is 27.7. The Bertz CT molecular complexity index is 724. The Kier molecular flexibility index (Phi) is 13.3. The number of unbranched alkanes of at least 4 members (excludes halogenated alkanes) is 4. The summed E-state index contributed by atoms with van der Waals surface area (Å²) in [5.41, 5.74) is 2.62. The zero-order valence-corrected chi connectivity index (χ0v) is 20.7. The van der Waals surface area contributed by atoms with Crippen molar-refractivity contribution in [3.63, 3.8) is 0 Å². The van der Waals surface area contributed by atoms with Crippen molar-refractivity contribution in [2.24, 2.45) is 0 Å². The van der Waals surface area contributed by atoms with E-state index >= 15 is 0 Å². The minimum absolute atomic E-state index is 0.262. The van der Waals surface area contributed by atoms with E-state index in [4.69, 9.17) is 0 Å². The van der Waals surface area contributed by atoms with E-state index in [0.29, 0.717) is 12.8 Å². The Morgan fingerprint density at radius 3 is 1.27 bits per heavy atom. The normalized spacial score (nSPS) is 11.3. The topological polar surface area (TPSA) is 40.6 Å². The highest BCUT2D eigenvalue weighted by atomic mass is 16.1. The summed E-state index contributed by atoms with van der Waals surface area (Å²) in [6.07, 6.45) is 7.27. The lowest BCUT2D eigenvalue weighted by molar-refractivity contribution is -0.118. The lowest BCUT2D eigenvalue weighted by Gasteiger charge is -2.23. The molecule has 0 aliphatic carbocycles. The van der Waals surface area contributed by atoms with Crippen LogP contribution in [0.15, 0.2) is 60.7 Å². The summed E-state index contributed by atoms with van der Waals surface area (Å²) in [5, 5.41) is 0. The molecule has 0 atom stereocenters. The summed E-state index contributed by atoms with van der Waals surface area (Å²) < 4.78 is 0. The molecule has 0 saturated carbocycles. The van der Waals surface area contributed by atoms with Crippen molar-refractivity contribution in [3.8, 4) is 0 Å². The second-order valence-electron chi connectivity index (χ2n) is 9.20. The van der Waals surface area contributed by atoms with Gasteiger partial charge in [-0.25, -0.2) is 0 Å². The maximum atomic E-state index is 11.5. The summed E-state index contributed by atoms with van der Waals surface area (Å²) in [6, 6.07) is 21.1. The van der Waals surface area contributed by atoms with Crippen molar-refractivity contribution in [2.75, 3.05) is 26.2 Å². The first-order valence-electron chi connectivity index (χ1n) is 12.5. The van der Waals surface area contributed by atoms with Gasteiger partial charge in [0.2, 0.25) is 0 Å². The Morgan fingerprint density at radius 1 is 0.545 bits per heavy atom. The van der Waals surface area contributed by atoms with E-state index in [9.17, 15) is 9.59 Å². The summed E-state index contributed by atoms with van der Waals surface area (Å²) >= 11 is 0. The molecule has 0 aromatic heterocycles. The number of carbonyl (C=O) groups is 2. The van der Waals surface area contributed by atoms with Gasteiger partial charge in [0.15, 0.2) is 0 Å². The minimum atomic E-state index is 0.262. The third kappa shape index (κ3) is 13.1. The number of rotatable bonds is 18. The van der Waals surface area contributed by atoms with E-state index < -0.39 is 0 Å². The van der Waals surface area contributed by atoms with Crippen molar-refractivity contribution >= 4 is 11.6 Å². The van der Waals surface area contributed by atoms with Crippen LogP contribution in [0.5, 0.6) is 0 Å². The van der Waals surface area contributed by atoms with Crippen LogP contribution in [0.2, 0.25) is 0 Å². The van der Waals surface area contributed by atoms with Crippen LogP contribution in [0, 0.1) is 0 Å². The van der Waals surface area contributed by atoms with Gasteiger partial charge in [0.05, 0.1) is 0 Å². The van der Waals surface area contributed by atoms with Crippen molar-refractivity contribution in [1.29, 1.82) is 0 Å². The number of ketones is 2. The SMILES string of the molecule is CC(=O)CCN(CCCCCCCN(CCC(C)=O)Cc1ccccc1)Cc1ccccc1. The average Bonchev–Trinajstić information content (AvgIpc) is 2.81. The van der Waals surface area contributed by atoms with Gasteiger partial charge in [-0.15, -0.1) is 0 Å². The smallest absolute Gasteiger partial charge is 0.131 e. The first kappa shape index (κ1) is 26.9. The van der Waals surface area contributed by atoms with E-state index in [1.54, 1.807) is 13.8 Å². The number of hydrogen-bond acceptors (Lipinski definition) is 4. The molecule has 2 aromatic carbocycles. The molecule has 0 aliphatic heterocycles. The molecule has 0 bridgehead atoms. The van der Waals surface area contributed by atoms with Gasteiger partial charge < -0.3 is 0 Å². The van der Waals surface area contributed by atoms with Crippen LogP contribution < -0.4 is 0 Å². The van der Waals surface area contributed by atoms with E-state index in [2.05, 4.69) is 58.3 Å². The van der Waals surface area contributed by atoms with Gasteiger partial charge in [-0.2, -0.15) is 0 Å². The first-order chi connectivity index (χ1) is 16.0. The maximum absolute atomic E-state index is 11.5. The highest BCUT2D eigenvalue weighted by Crippen LogP contribution is 2.11. The molecule has 0 heterocycles. The number of hydrogen-bond donors (Lipinski definition) is 0. The van der Waals surface area contributed by atoms with Crippen molar-refractivity contribution in [3.05, 3.63) is 71.8 Å². The molecular formula is C29H42N2O2. The summed E-state index contributed by atoms with van der Waals surface area (Å²) in [5.74, 6) is 0.524. The largest absolute Gasteiger partial charge is 0.300 e. The summed E-state index contributed by atoms with van der Waals surface area (Å²) in [6.45, 7) is 8.96. The number of Topliss-reactive ketones (excluding diaryl/α,β-unsaturated/α-hetero) is 2. The fraction of sp³-hybridized carbons (Fsp3) is 0.517. The van der Waals surface area contributed by atoms with Gasteiger partial charge in [-0.3, -0.25) is 19.4 Å². The monoisotopic (exact) mass is 450 g/mol. The lowest BCUT2D eigenvalue weighted by Crippen LogP contribution is -2.27. The first-order valence-corrected chi connectivity index (χ1v) is 12.5. The quantitative estimate of drug-likeness (QED) is 0.265. The predicted octanol–water partition coefficient (Wildman–Crippen LogP) is 5.90. The zero-order chi connectivity index (χ0) is 23.7.